The molecule has 2 rings (SSSR count). The highest BCUT2D eigenvalue weighted by Gasteiger charge is 2.31. The Morgan fingerprint density at radius 1 is 1.35 bits per heavy atom. The smallest absolute Gasteiger partial charge is 0.190 e. The van der Waals surface area contributed by atoms with Gasteiger partial charge in [0.1, 0.15) is 0 Å². The van der Waals surface area contributed by atoms with Gasteiger partial charge in [0, 0.05) is 19.1 Å². The van der Waals surface area contributed by atoms with Crippen LogP contribution in [0.5, 0.6) is 0 Å². The monoisotopic (exact) mass is 251 g/mol. The van der Waals surface area contributed by atoms with Crippen LogP contribution in [0, 0.1) is 0 Å². The quantitative estimate of drug-likeness (QED) is 0.648. The highest BCUT2D eigenvalue weighted by Crippen LogP contribution is 2.41. The van der Waals surface area contributed by atoms with E-state index in [2.05, 4.69) is 11.1 Å². The molecule has 0 saturated heterocycles. The van der Waals surface area contributed by atoms with E-state index >= 15 is 0 Å². The van der Waals surface area contributed by atoms with Gasteiger partial charge >= 0.3 is 0 Å². The predicted molar refractivity (Wildman–Crippen MR) is 72.5 cm³/mol. The van der Waals surface area contributed by atoms with Crippen LogP contribution in [0.2, 0.25) is 5.02 Å². The zero-order valence-corrected chi connectivity index (χ0v) is 11.0. The number of guanidine groups is 1. The van der Waals surface area contributed by atoms with E-state index in [-0.39, 0.29) is 0 Å². The minimum absolute atomic E-state index is 0.346. The summed E-state index contributed by atoms with van der Waals surface area (Å²) < 4.78 is 0. The average molecular weight is 252 g/mol. The SMILES string of the molecule is CN(C)C(N)=NC1CC(c2ccccc2Cl)C1. The molecule has 1 aliphatic carbocycles. The van der Waals surface area contributed by atoms with Gasteiger partial charge in [-0.15, -0.1) is 0 Å². The number of nitrogens with zero attached hydrogens (tertiary/aromatic N) is 2. The van der Waals surface area contributed by atoms with Gasteiger partial charge < -0.3 is 10.6 Å². The second kappa shape index (κ2) is 4.96. The van der Waals surface area contributed by atoms with Crippen molar-refractivity contribution < 1.29 is 0 Å². The van der Waals surface area contributed by atoms with E-state index < -0.39 is 0 Å². The van der Waals surface area contributed by atoms with E-state index in [4.69, 9.17) is 17.3 Å². The van der Waals surface area contributed by atoms with Gasteiger partial charge in [-0.1, -0.05) is 29.8 Å². The maximum atomic E-state index is 6.17. The Hall–Kier alpha value is -1.22. The Morgan fingerprint density at radius 3 is 2.59 bits per heavy atom. The third-order valence-electron chi connectivity index (χ3n) is 3.23. The fourth-order valence-corrected chi connectivity index (χ4v) is 2.35. The molecule has 0 bridgehead atoms. The van der Waals surface area contributed by atoms with Gasteiger partial charge in [0.25, 0.3) is 0 Å². The van der Waals surface area contributed by atoms with Crippen molar-refractivity contribution in [1.29, 1.82) is 0 Å². The molecule has 0 aliphatic heterocycles. The first-order valence-electron chi connectivity index (χ1n) is 5.83. The van der Waals surface area contributed by atoms with E-state index in [0.717, 1.165) is 17.9 Å². The van der Waals surface area contributed by atoms with E-state index in [0.29, 0.717) is 17.9 Å². The van der Waals surface area contributed by atoms with Crippen LogP contribution >= 0.6 is 11.6 Å². The van der Waals surface area contributed by atoms with Gasteiger partial charge in [-0.25, -0.2) is 4.99 Å². The van der Waals surface area contributed by atoms with Gasteiger partial charge in [-0.3, -0.25) is 0 Å². The number of hydrogen-bond acceptors (Lipinski definition) is 1. The summed E-state index contributed by atoms with van der Waals surface area (Å²) in [6.07, 6.45) is 2.08. The van der Waals surface area contributed by atoms with Crippen molar-refractivity contribution in [3.63, 3.8) is 0 Å². The minimum atomic E-state index is 0.346. The summed E-state index contributed by atoms with van der Waals surface area (Å²) in [5.74, 6) is 1.14. The zero-order valence-electron chi connectivity index (χ0n) is 10.2. The molecule has 1 saturated carbocycles. The van der Waals surface area contributed by atoms with E-state index in [1.54, 1.807) is 0 Å². The fraction of sp³-hybridized carbons (Fsp3) is 0.462. The molecule has 3 nitrogen and oxygen atoms in total. The lowest BCUT2D eigenvalue weighted by atomic mass is 9.76. The normalized spacial score (nSPS) is 24.3. The average Bonchev–Trinajstić information content (AvgIpc) is 2.24. The minimum Gasteiger partial charge on any atom is -0.370 e. The summed E-state index contributed by atoms with van der Waals surface area (Å²) in [7, 11) is 3.81. The van der Waals surface area contributed by atoms with Crippen molar-refractivity contribution in [2.24, 2.45) is 10.7 Å². The first kappa shape index (κ1) is 12.2. The predicted octanol–water partition coefficient (Wildman–Crippen LogP) is 2.46. The van der Waals surface area contributed by atoms with Gasteiger partial charge in [-0.2, -0.15) is 0 Å². The van der Waals surface area contributed by atoms with Crippen LogP contribution in [0.3, 0.4) is 0 Å². The van der Waals surface area contributed by atoms with Gasteiger partial charge in [0.2, 0.25) is 0 Å². The Morgan fingerprint density at radius 2 is 2.00 bits per heavy atom. The van der Waals surface area contributed by atoms with E-state index in [1.807, 2.05) is 37.2 Å². The molecule has 0 spiro atoms. The molecule has 1 aromatic rings. The van der Waals surface area contributed by atoms with Crippen molar-refractivity contribution in [3.05, 3.63) is 34.9 Å². The zero-order chi connectivity index (χ0) is 12.4. The van der Waals surface area contributed by atoms with Crippen molar-refractivity contribution in [2.45, 2.75) is 24.8 Å². The molecule has 1 fully saturated rings. The fourth-order valence-electron chi connectivity index (χ4n) is 2.06. The lowest BCUT2D eigenvalue weighted by Crippen LogP contribution is -2.35. The van der Waals surface area contributed by atoms with Gasteiger partial charge in [-0.05, 0) is 30.4 Å². The Bertz CT molecular complexity index is 422. The lowest BCUT2D eigenvalue weighted by Gasteiger charge is -2.34. The summed E-state index contributed by atoms with van der Waals surface area (Å²) in [5.41, 5.74) is 7.03. The molecular weight excluding hydrogens is 234 g/mol. The molecule has 0 heterocycles. The molecule has 0 aromatic heterocycles. The molecule has 1 aliphatic rings. The molecule has 1 aromatic carbocycles. The molecule has 0 radical (unpaired) electrons. The molecule has 0 atom stereocenters. The highest BCUT2D eigenvalue weighted by atomic mass is 35.5. The Kier molecular flexibility index (Phi) is 3.57. The third kappa shape index (κ3) is 2.72. The van der Waals surface area contributed by atoms with Crippen LogP contribution in [0.1, 0.15) is 24.3 Å². The molecule has 17 heavy (non-hydrogen) atoms. The van der Waals surface area contributed by atoms with Crippen LogP contribution in [0.4, 0.5) is 0 Å². The summed E-state index contributed by atoms with van der Waals surface area (Å²) in [4.78, 5) is 6.30. The van der Waals surface area contributed by atoms with Gasteiger partial charge in [0.05, 0.1) is 6.04 Å². The first-order chi connectivity index (χ1) is 8.08. The number of benzene rings is 1. The van der Waals surface area contributed by atoms with Crippen molar-refractivity contribution >= 4 is 17.6 Å². The maximum Gasteiger partial charge on any atom is 0.190 e. The van der Waals surface area contributed by atoms with Crippen LogP contribution in [-0.4, -0.2) is 31.0 Å². The molecule has 0 unspecified atom stereocenters. The van der Waals surface area contributed by atoms with Crippen molar-refractivity contribution in [1.82, 2.24) is 4.90 Å². The molecule has 0 amide bonds. The van der Waals surface area contributed by atoms with Crippen LogP contribution in [-0.2, 0) is 0 Å². The van der Waals surface area contributed by atoms with E-state index in [1.165, 1.54) is 5.56 Å². The number of rotatable bonds is 2. The van der Waals surface area contributed by atoms with Crippen LogP contribution in [0.25, 0.3) is 0 Å². The first-order valence-corrected chi connectivity index (χ1v) is 6.20. The van der Waals surface area contributed by atoms with Crippen LogP contribution < -0.4 is 5.73 Å². The summed E-state index contributed by atoms with van der Waals surface area (Å²) in [6.45, 7) is 0. The summed E-state index contributed by atoms with van der Waals surface area (Å²) in [6, 6.07) is 8.39. The van der Waals surface area contributed by atoms with E-state index in [9.17, 15) is 0 Å². The molecule has 2 N–H and O–H groups in total. The summed E-state index contributed by atoms with van der Waals surface area (Å²) in [5, 5.41) is 0.862. The van der Waals surface area contributed by atoms with Crippen molar-refractivity contribution in [3.8, 4) is 0 Å². The third-order valence-corrected chi connectivity index (χ3v) is 3.58. The largest absolute Gasteiger partial charge is 0.370 e. The number of halogens is 1. The summed E-state index contributed by atoms with van der Waals surface area (Å²) >= 11 is 6.17. The molecule has 4 heteroatoms. The highest BCUT2D eigenvalue weighted by molar-refractivity contribution is 6.31. The van der Waals surface area contributed by atoms with Crippen molar-refractivity contribution in [2.75, 3.05) is 14.1 Å². The number of hydrogen-bond donors (Lipinski definition) is 1. The molecular formula is C13H18ClN3. The lowest BCUT2D eigenvalue weighted by molar-refractivity contribution is 0.350. The second-order valence-electron chi connectivity index (χ2n) is 4.73. The van der Waals surface area contributed by atoms with Crippen LogP contribution in [0.15, 0.2) is 29.3 Å². The Labute approximate surface area is 107 Å². The standard InChI is InChI=1S/C13H18ClN3/c1-17(2)13(15)16-10-7-9(8-10)11-5-3-4-6-12(11)14/h3-6,9-10H,7-8H2,1-2H3,(H2,15,16). The second-order valence-corrected chi connectivity index (χ2v) is 5.13. The number of nitrogens with two attached hydrogens (primary N) is 1. The Balaban J connectivity index is 1.96. The topological polar surface area (TPSA) is 41.6 Å². The van der Waals surface area contributed by atoms with Gasteiger partial charge in [0.15, 0.2) is 5.96 Å². The maximum absolute atomic E-state index is 6.17. The molecule has 92 valence electrons. The number of aliphatic imine (C=N–C) groups is 1.